The van der Waals surface area contributed by atoms with Gasteiger partial charge in [-0.25, -0.2) is 9.11 Å². The van der Waals surface area contributed by atoms with E-state index in [0.29, 0.717) is 10.1 Å². The molecule has 0 amide bonds. The van der Waals surface area contributed by atoms with E-state index >= 15 is 0 Å². The van der Waals surface area contributed by atoms with Gasteiger partial charge in [-0.05, 0) is 43.3 Å². The van der Waals surface area contributed by atoms with Crippen LogP contribution in [0.15, 0.2) is 64.3 Å². The van der Waals surface area contributed by atoms with Crippen molar-refractivity contribution in [2.45, 2.75) is 31.5 Å². The van der Waals surface area contributed by atoms with Crippen LogP contribution < -0.4 is 36.0 Å². The lowest BCUT2D eigenvalue weighted by Crippen LogP contribution is -2.38. The van der Waals surface area contributed by atoms with Crippen LogP contribution in [-0.2, 0) is 31.6 Å². The van der Waals surface area contributed by atoms with Gasteiger partial charge in [0.05, 0.1) is 13.7 Å². The average Bonchev–Trinajstić information content (AvgIpc) is 3.24. The molecule has 7 atom stereocenters. The molecular formula is C25H24N2O15P3-3. The van der Waals surface area contributed by atoms with Crippen molar-refractivity contribution >= 4 is 28.5 Å². The molecule has 20 heteroatoms. The molecule has 3 N–H and O–H groups in total. The van der Waals surface area contributed by atoms with E-state index in [4.69, 9.17) is 9.47 Å². The van der Waals surface area contributed by atoms with Crippen molar-refractivity contribution in [3.8, 4) is 17.6 Å². The molecular weight excluding hydrogens is 661 g/mol. The number of benzene rings is 2. The second-order valence-corrected chi connectivity index (χ2v) is 14.3. The van der Waals surface area contributed by atoms with E-state index in [2.05, 4.69) is 25.0 Å². The third-order valence-electron chi connectivity index (χ3n) is 6.17. The number of H-pyrrole nitrogens is 1. The Morgan fingerprint density at radius 1 is 0.933 bits per heavy atom. The number of hydrogen-bond donors (Lipinski definition) is 3. The Morgan fingerprint density at radius 2 is 1.58 bits per heavy atom. The lowest BCUT2D eigenvalue weighted by molar-refractivity contribution is -0.245. The second kappa shape index (κ2) is 13.7. The van der Waals surface area contributed by atoms with Crippen molar-refractivity contribution in [3.05, 3.63) is 92.3 Å². The van der Waals surface area contributed by atoms with E-state index in [-0.39, 0.29) is 11.3 Å². The molecule has 242 valence electrons. The quantitative estimate of drug-likeness (QED) is 0.166. The Kier molecular flexibility index (Phi) is 10.5. The monoisotopic (exact) mass is 685 g/mol. The van der Waals surface area contributed by atoms with Gasteiger partial charge >= 0.3 is 5.69 Å². The zero-order valence-corrected chi connectivity index (χ0v) is 25.9. The molecule has 2 heterocycles. The predicted octanol–water partition coefficient (Wildman–Crippen LogP) is -1.26. The number of aromatic amines is 1. The second-order valence-electron chi connectivity index (χ2n) is 9.42. The van der Waals surface area contributed by atoms with Crippen molar-refractivity contribution in [1.82, 2.24) is 9.55 Å². The van der Waals surface area contributed by atoms with Gasteiger partial charge in [-0.2, -0.15) is 0 Å². The maximum atomic E-state index is 12.5. The van der Waals surface area contributed by atoms with Crippen molar-refractivity contribution in [3.63, 3.8) is 0 Å². The summed E-state index contributed by atoms with van der Waals surface area (Å²) >= 11 is 0. The minimum Gasteiger partial charge on any atom is -0.775 e. The molecule has 4 unspecified atom stereocenters. The third-order valence-corrected chi connectivity index (χ3v) is 10.8. The number of ether oxygens (including phenoxy) is 2. The highest BCUT2D eigenvalue weighted by Gasteiger charge is 2.45. The maximum Gasteiger partial charge on any atom is 0.330 e. The first-order chi connectivity index (χ1) is 21.0. The van der Waals surface area contributed by atoms with E-state index < -0.39 is 70.9 Å². The number of hydrogen-bond acceptors (Lipinski definition) is 15. The van der Waals surface area contributed by atoms with Crippen molar-refractivity contribution in [1.29, 1.82) is 0 Å². The number of aliphatic hydroxyl groups excluding tert-OH is 2. The highest BCUT2D eigenvalue weighted by Crippen LogP contribution is 2.62. The number of nitrogens with one attached hydrogen (secondary N) is 1. The van der Waals surface area contributed by atoms with Crippen LogP contribution in [0, 0.1) is 18.8 Å². The predicted molar refractivity (Wildman–Crippen MR) is 148 cm³/mol. The van der Waals surface area contributed by atoms with E-state index in [1.807, 2.05) is 11.9 Å². The van der Waals surface area contributed by atoms with Crippen LogP contribution in [0.2, 0.25) is 0 Å². The Morgan fingerprint density at radius 3 is 2.20 bits per heavy atom. The zero-order chi connectivity index (χ0) is 33.2. The number of nitrogens with zero attached hydrogens (tertiary/aromatic N) is 1. The zero-order valence-electron chi connectivity index (χ0n) is 23.2. The van der Waals surface area contributed by atoms with Crippen LogP contribution in [0.1, 0.15) is 22.9 Å². The summed E-state index contributed by atoms with van der Waals surface area (Å²) in [4.78, 5) is 63.4. The molecule has 1 aliphatic heterocycles. The van der Waals surface area contributed by atoms with Gasteiger partial charge in [-0.1, -0.05) is 29.5 Å². The molecule has 17 nitrogen and oxygen atoms in total. The molecule has 1 fully saturated rings. The summed E-state index contributed by atoms with van der Waals surface area (Å²) in [5, 5.41) is 20.2. The molecule has 1 saturated heterocycles. The van der Waals surface area contributed by atoms with Crippen molar-refractivity contribution < 1.29 is 61.2 Å². The van der Waals surface area contributed by atoms with Gasteiger partial charge in [0.15, 0.2) is 13.8 Å². The van der Waals surface area contributed by atoms with Crippen molar-refractivity contribution in [2.24, 2.45) is 0 Å². The molecule has 45 heavy (non-hydrogen) atoms. The molecule has 0 spiro atoms. The average molecular weight is 685 g/mol. The standard InChI is InChI=1S/C25H27N2O15P3/c1-15-3-5-16(6-4-15)7-8-17-13-27(25(31)26-23(17)30)24-22(29)21(28)20(40-24)14-39-44(34,35)42-45(36,37)41-43(32,33)19-11-9-18(38-2)10-12-19/h3-6,9-13,20-22,24,28-29H,14H2,1-2H3,(H,32,33)(H,34,35)(H,36,37)(H,26,30,31)/p-3/t20-,21+,22?,24-/m1/s1. The van der Waals surface area contributed by atoms with Crippen molar-refractivity contribution in [2.75, 3.05) is 13.7 Å². The number of phosphoric acid groups is 2. The van der Waals surface area contributed by atoms with Gasteiger partial charge in [-0.15, -0.1) is 0 Å². The van der Waals surface area contributed by atoms with Crippen LogP contribution in [0.4, 0.5) is 0 Å². The fourth-order valence-electron chi connectivity index (χ4n) is 3.91. The van der Waals surface area contributed by atoms with Crippen LogP contribution in [0.3, 0.4) is 0 Å². The van der Waals surface area contributed by atoms with E-state index in [0.717, 1.165) is 23.9 Å². The molecule has 1 aromatic heterocycles. The molecule has 4 rings (SSSR count). The highest BCUT2D eigenvalue weighted by atomic mass is 31.3. The van der Waals surface area contributed by atoms with Crippen LogP contribution in [0.5, 0.6) is 5.75 Å². The number of aryl methyl sites for hydroxylation is 1. The summed E-state index contributed by atoms with van der Waals surface area (Å²) < 4.78 is 59.8. The number of aliphatic hydroxyl groups is 2. The summed E-state index contributed by atoms with van der Waals surface area (Å²) in [6, 6.07) is 11.2. The van der Waals surface area contributed by atoms with Crippen LogP contribution in [0.25, 0.3) is 0 Å². The summed E-state index contributed by atoms with van der Waals surface area (Å²) in [6.07, 6.45) is -6.20. The number of methoxy groups -OCH3 is 1. The summed E-state index contributed by atoms with van der Waals surface area (Å²) in [5.74, 6) is 5.56. The topological polar surface area (TPSA) is 262 Å². The smallest absolute Gasteiger partial charge is 0.330 e. The SMILES string of the molecule is COc1ccc(P(=O)([O-])OP(=O)([O-])OP(=O)([O-])OC[C@H]2O[C@@H](n3cc(C#Cc4ccc(C)cc4)c(=O)[nH]c3=O)C(O)[C@H]2O)cc1. The molecule has 2 aromatic carbocycles. The number of aromatic nitrogens is 2. The lowest BCUT2D eigenvalue weighted by Gasteiger charge is -2.35. The summed E-state index contributed by atoms with van der Waals surface area (Å²) in [7, 11) is -16.1. The van der Waals surface area contributed by atoms with E-state index in [1.54, 1.807) is 24.3 Å². The Labute approximate surface area is 254 Å². The fraction of sp³-hybridized carbons (Fsp3) is 0.280. The largest absolute Gasteiger partial charge is 0.775 e. The van der Waals surface area contributed by atoms with Gasteiger partial charge < -0.3 is 43.5 Å². The Balaban J connectivity index is 1.43. The van der Waals surface area contributed by atoms with Gasteiger partial charge in [-0.3, -0.25) is 27.8 Å². The molecule has 0 saturated carbocycles. The third kappa shape index (κ3) is 8.75. The minimum absolute atomic E-state index is 0.214. The maximum absolute atomic E-state index is 12.5. The minimum atomic E-state index is -6.12. The molecule has 1 aliphatic rings. The number of phosphoric ester groups is 1. The van der Waals surface area contributed by atoms with Crippen LogP contribution in [-0.4, -0.2) is 51.8 Å². The Bertz CT molecular complexity index is 1860. The number of rotatable bonds is 10. The van der Waals surface area contributed by atoms with Gasteiger partial charge in [0.2, 0.25) is 0 Å². The van der Waals surface area contributed by atoms with E-state index in [1.165, 1.54) is 19.2 Å². The Hall–Kier alpha value is -3.19. The normalized spacial score (nSPS) is 23.6. The molecule has 0 bridgehead atoms. The first-order valence-corrected chi connectivity index (χ1v) is 17.1. The summed E-state index contributed by atoms with van der Waals surface area (Å²) in [6.45, 7) is 0.705. The van der Waals surface area contributed by atoms with Gasteiger partial charge in [0.1, 0.15) is 29.6 Å². The summed E-state index contributed by atoms with van der Waals surface area (Å²) in [5.41, 5.74) is -0.607. The molecule has 0 radical (unpaired) electrons. The lowest BCUT2D eigenvalue weighted by atomic mass is 10.1. The molecule has 0 aliphatic carbocycles. The van der Waals surface area contributed by atoms with Crippen LogP contribution >= 0.6 is 23.2 Å². The van der Waals surface area contributed by atoms with Gasteiger partial charge in [0, 0.05) is 17.1 Å². The van der Waals surface area contributed by atoms with E-state index in [9.17, 15) is 48.2 Å². The first kappa shape index (κ1) is 34.7. The fourth-order valence-corrected chi connectivity index (χ4v) is 7.74. The van der Waals surface area contributed by atoms with Gasteiger partial charge in [0.25, 0.3) is 21.2 Å². The highest BCUT2D eigenvalue weighted by molar-refractivity contribution is 7.70. The first-order valence-electron chi connectivity index (χ1n) is 12.6. The molecule has 3 aromatic rings.